The Kier molecular flexibility index (Phi) is 10.7. The van der Waals surface area contributed by atoms with Crippen LogP contribution in [0.25, 0.3) is 0 Å². The molecule has 0 spiro atoms. The molecule has 1 atom stereocenters. The molecule has 0 amide bonds. The highest BCUT2D eigenvalue weighted by atomic mass is 19.2. The maximum Gasteiger partial charge on any atom is 0.864 e. The molecule has 0 radical (unpaired) electrons. The second kappa shape index (κ2) is 13.6. The number of quaternary nitrogens is 1. The summed E-state index contributed by atoms with van der Waals surface area (Å²) in [6.07, 6.45) is 0.768. The molecule has 14 heteroatoms. The third-order valence-electron chi connectivity index (χ3n) is 7.21. The van der Waals surface area contributed by atoms with E-state index >= 15 is 4.39 Å². The van der Waals surface area contributed by atoms with E-state index in [1.54, 1.807) is 6.92 Å². The van der Waals surface area contributed by atoms with Crippen LogP contribution < -0.4 is 14.0 Å². The minimum atomic E-state index is -2.32. The molecule has 0 N–H and O–H groups in total. The molecule has 3 rings (SSSR count). The Morgan fingerprint density at radius 1 is 0.571 bits per heavy atom. The van der Waals surface area contributed by atoms with Crippen LogP contribution in [0.3, 0.4) is 0 Å². The summed E-state index contributed by atoms with van der Waals surface area (Å²) in [6.45, 7) is 8.65. The zero-order valence-corrected chi connectivity index (χ0v) is 23.2. The van der Waals surface area contributed by atoms with E-state index in [-0.39, 0.29) is 10.9 Å². The van der Waals surface area contributed by atoms with Crippen molar-refractivity contribution in [3.05, 3.63) is 88.3 Å². The normalized spacial score (nSPS) is 12.3. The molecule has 0 aromatic heterocycles. The van der Waals surface area contributed by atoms with Crippen LogP contribution in [0.2, 0.25) is 0 Å². The van der Waals surface area contributed by atoms with Gasteiger partial charge in [-0.25, -0.2) is 39.5 Å². The molecule has 1 unspecified atom stereocenters. The molecular weight excluding hydrogens is 580 g/mol. The van der Waals surface area contributed by atoms with E-state index < -0.39 is 88.5 Å². The molecule has 0 saturated heterocycles. The van der Waals surface area contributed by atoms with Gasteiger partial charge in [-0.2, -0.15) is 0 Å². The minimum absolute atomic E-state index is 0.210. The lowest BCUT2D eigenvalue weighted by molar-refractivity contribution is -0.953. The Morgan fingerprint density at radius 3 is 1.36 bits per heavy atom. The van der Waals surface area contributed by atoms with Gasteiger partial charge in [0.15, 0.2) is 52.4 Å². The maximum absolute atomic E-state index is 15.6. The third-order valence-corrected chi connectivity index (χ3v) is 7.21. The summed E-state index contributed by atoms with van der Waals surface area (Å²) < 4.78 is 144. The molecule has 0 aliphatic rings. The topological polar surface area (TPSA) is 27.7 Å². The number of rotatable bonds is 13. The van der Waals surface area contributed by atoms with E-state index in [1.165, 1.54) is 0 Å². The van der Waals surface area contributed by atoms with Gasteiger partial charge in [0, 0.05) is 36.8 Å². The first-order valence-electron chi connectivity index (χ1n) is 13.1. The lowest BCUT2D eigenvalue weighted by Gasteiger charge is -2.44. The highest BCUT2D eigenvalue weighted by molar-refractivity contribution is 6.39. The standard InChI is InChI=1S/C28H28BF9NO3/c1-5-9-22(39(6-2,7-3)8-4)24-23(14-21(34)27(37)28(24)38)42-29(40-15-10-17(30)25(35)18(31)11-15)41-16-12-19(32)26(36)20(33)13-16/h10-14,22H,5-9H2,1-4H3/q+1. The van der Waals surface area contributed by atoms with E-state index in [1.807, 2.05) is 20.8 Å². The average Bonchev–Trinajstić information content (AvgIpc) is 2.94. The van der Waals surface area contributed by atoms with Crippen LogP contribution in [-0.2, 0) is 0 Å². The third kappa shape index (κ3) is 6.74. The predicted molar refractivity (Wildman–Crippen MR) is 136 cm³/mol. The first kappa shape index (κ1) is 33.0. The molecule has 4 nitrogen and oxygen atoms in total. The largest absolute Gasteiger partial charge is 0.864 e. The summed E-state index contributed by atoms with van der Waals surface area (Å²) >= 11 is 0. The monoisotopic (exact) mass is 608 g/mol. The summed E-state index contributed by atoms with van der Waals surface area (Å²) in [4.78, 5) is 0. The van der Waals surface area contributed by atoms with Gasteiger partial charge in [0.2, 0.25) is 0 Å². The SMILES string of the molecule is CCCC(c1c(OB(Oc2cc(F)c(F)c(F)c2)Oc2cc(F)c(F)c(F)c2)cc(F)c(F)c1F)[N+](CC)(CC)CC. The molecule has 0 bridgehead atoms. The van der Waals surface area contributed by atoms with Crippen molar-refractivity contribution in [1.82, 2.24) is 0 Å². The van der Waals surface area contributed by atoms with E-state index in [0.29, 0.717) is 56.4 Å². The fourth-order valence-corrected chi connectivity index (χ4v) is 4.89. The zero-order valence-electron chi connectivity index (χ0n) is 23.2. The van der Waals surface area contributed by atoms with Crippen molar-refractivity contribution < 1.29 is 58.0 Å². The Balaban J connectivity index is 2.20. The first-order valence-corrected chi connectivity index (χ1v) is 13.1. The number of hydrogen-bond acceptors (Lipinski definition) is 3. The molecule has 0 saturated carbocycles. The summed E-state index contributed by atoms with van der Waals surface area (Å²) in [5.41, 5.74) is -0.411. The van der Waals surface area contributed by atoms with E-state index in [9.17, 15) is 35.1 Å². The van der Waals surface area contributed by atoms with Crippen LogP contribution >= 0.6 is 0 Å². The van der Waals surface area contributed by atoms with Gasteiger partial charge in [-0.05, 0) is 20.8 Å². The Morgan fingerprint density at radius 2 is 0.976 bits per heavy atom. The molecule has 3 aromatic rings. The van der Waals surface area contributed by atoms with Crippen LogP contribution in [0.15, 0.2) is 30.3 Å². The van der Waals surface area contributed by atoms with Gasteiger partial charge in [0.05, 0.1) is 25.2 Å². The van der Waals surface area contributed by atoms with Crippen molar-refractivity contribution in [2.45, 2.75) is 46.6 Å². The van der Waals surface area contributed by atoms with Gasteiger partial charge < -0.3 is 18.4 Å². The second-order valence-electron chi connectivity index (χ2n) is 9.41. The fraction of sp³-hybridized carbons (Fsp3) is 0.357. The van der Waals surface area contributed by atoms with Crippen LogP contribution in [0, 0.1) is 52.4 Å². The Hall–Kier alpha value is -3.55. The minimum Gasteiger partial charge on any atom is -0.489 e. The van der Waals surface area contributed by atoms with Crippen LogP contribution in [0.5, 0.6) is 17.2 Å². The lowest BCUT2D eigenvalue weighted by atomic mass is 9.95. The predicted octanol–water partition coefficient (Wildman–Crippen LogP) is 8.18. The summed E-state index contributed by atoms with van der Waals surface area (Å²) in [5.74, 6) is -17.7. The molecule has 0 heterocycles. The van der Waals surface area contributed by atoms with Crippen LogP contribution in [0.1, 0.15) is 52.1 Å². The number of nitrogens with zero attached hydrogens (tertiary/aromatic N) is 1. The average molecular weight is 608 g/mol. The van der Waals surface area contributed by atoms with E-state index in [2.05, 4.69) is 0 Å². The zero-order chi connectivity index (χ0) is 31.4. The van der Waals surface area contributed by atoms with Crippen molar-refractivity contribution in [1.29, 1.82) is 0 Å². The number of hydrogen-bond donors (Lipinski definition) is 0. The van der Waals surface area contributed by atoms with Gasteiger partial charge >= 0.3 is 7.32 Å². The van der Waals surface area contributed by atoms with Crippen molar-refractivity contribution in [2.75, 3.05) is 19.6 Å². The molecule has 42 heavy (non-hydrogen) atoms. The first-order chi connectivity index (χ1) is 19.8. The molecule has 0 aliphatic heterocycles. The number of benzene rings is 3. The quantitative estimate of drug-likeness (QED) is 0.0849. The smallest absolute Gasteiger partial charge is 0.489 e. The molecule has 3 aromatic carbocycles. The Labute approximate surface area is 237 Å². The van der Waals surface area contributed by atoms with Gasteiger partial charge in [-0.15, -0.1) is 0 Å². The molecule has 0 fully saturated rings. The molecule has 228 valence electrons. The second-order valence-corrected chi connectivity index (χ2v) is 9.41. The van der Waals surface area contributed by atoms with Crippen molar-refractivity contribution >= 4 is 7.32 Å². The van der Waals surface area contributed by atoms with Gasteiger partial charge in [0.25, 0.3) is 0 Å². The highest BCUT2D eigenvalue weighted by Crippen LogP contribution is 2.41. The van der Waals surface area contributed by atoms with E-state index in [4.69, 9.17) is 14.0 Å². The lowest BCUT2D eigenvalue weighted by Crippen LogP contribution is -2.51. The van der Waals surface area contributed by atoms with Crippen molar-refractivity contribution in [3.8, 4) is 17.2 Å². The maximum atomic E-state index is 15.6. The summed E-state index contributed by atoms with van der Waals surface area (Å²) in [5, 5.41) is 0. The highest BCUT2D eigenvalue weighted by Gasteiger charge is 2.41. The van der Waals surface area contributed by atoms with Gasteiger partial charge in [0.1, 0.15) is 23.3 Å². The van der Waals surface area contributed by atoms with Crippen LogP contribution in [0.4, 0.5) is 39.5 Å². The van der Waals surface area contributed by atoms with Crippen LogP contribution in [-0.4, -0.2) is 31.4 Å². The molecule has 0 aliphatic carbocycles. The van der Waals surface area contributed by atoms with Gasteiger partial charge in [-0.3, -0.25) is 0 Å². The number of halogens is 9. The van der Waals surface area contributed by atoms with Crippen molar-refractivity contribution in [3.63, 3.8) is 0 Å². The fourth-order valence-electron chi connectivity index (χ4n) is 4.89. The van der Waals surface area contributed by atoms with Crippen molar-refractivity contribution in [2.24, 2.45) is 0 Å². The van der Waals surface area contributed by atoms with E-state index in [0.717, 1.165) is 0 Å². The summed E-state index contributed by atoms with van der Waals surface area (Å²) in [6, 6.07) is 1.21. The molecular formula is C28H28BF9NO3+. The Bertz CT molecular complexity index is 1310. The summed E-state index contributed by atoms with van der Waals surface area (Å²) in [7, 11) is -2.32. The van der Waals surface area contributed by atoms with Gasteiger partial charge in [-0.1, -0.05) is 13.3 Å².